The summed E-state index contributed by atoms with van der Waals surface area (Å²) >= 11 is 0. The van der Waals surface area contributed by atoms with E-state index in [2.05, 4.69) is 6.07 Å². The number of benzene rings is 2. The van der Waals surface area contributed by atoms with Gasteiger partial charge in [-0.15, -0.1) is 0 Å². The summed E-state index contributed by atoms with van der Waals surface area (Å²) < 4.78 is 0. The summed E-state index contributed by atoms with van der Waals surface area (Å²) in [6.45, 7) is 6.06. The van der Waals surface area contributed by atoms with Crippen molar-refractivity contribution < 1.29 is 4.79 Å². The predicted molar refractivity (Wildman–Crippen MR) is 80.5 cm³/mol. The molecule has 0 heterocycles. The minimum absolute atomic E-state index is 0.0485. The van der Waals surface area contributed by atoms with Gasteiger partial charge in [-0.05, 0) is 44.5 Å². The first-order valence-electron chi connectivity index (χ1n) is 6.42. The molecule has 2 rings (SSSR count). The Hall–Kier alpha value is -2.15. The number of rotatable bonds is 3. The summed E-state index contributed by atoms with van der Waals surface area (Å²) in [4.78, 5) is 12.1. The van der Waals surface area contributed by atoms with Crippen LogP contribution in [0.4, 0.5) is 0 Å². The molecule has 0 atom stereocenters. The zero-order chi connectivity index (χ0) is 13.8. The quantitative estimate of drug-likeness (QED) is 0.578. The minimum Gasteiger partial charge on any atom is -0.289 e. The lowest BCUT2D eigenvalue weighted by molar-refractivity contribution is 0.104. The number of allylic oxidation sites excluding steroid dienone is 1. The van der Waals surface area contributed by atoms with E-state index in [0.29, 0.717) is 0 Å². The van der Waals surface area contributed by atoms with Crippen LogP contribution in [-0.2, 0) is 0 Å². The van der Waals surface area contributed by atoms with Gasteiger partial charge in [0.25, 0.3) is 0 Å². The van der Waals surface area contributed by atoms with E-state index in [9.17, 15) is 4.79 Å². The fraction of sp³-hybridized carbons (Fsp3) is 0.167. The van der Waals surface area contributed by atoms with Crippen LogP contribution in [0.5, 0.6) is 0 Å². The third-order valence-corrected chi connectivity index (χ3v) is 3.01. The number of hydrogen-bond donors (Lipinski definition) is 0. The smallest absolute Gasteiger partial charge is 0.185 e. The van der Waals surface area contributed by atoms with Crippen LogP contribution in [-0.4, -0.2) is 5.78 Å². The van der Waals surface area contributed by atoms with Gasteiger partial charge in [0, 0.05) is 5.56 Å². The molecule has 0 aliphatic heterocycles. The van der Waals surface area contributed by atoms with Crippen LogP contribution in [0.25, 0.3) is 6.08 Å². The molecule has 0 aromatic heterocycles. The zero-order valence-electron chi connectivity index (χ0n) is 11.6. The van der Waals surface area contributed by atoms with Gasteiger partial charge < -0.3 is 0 Å². The Balaban J connectivity index is 2.18. The van der Waals surface area contributed by atoms with Crippen molar-refractivity contribution in [1.29, 1.82) is 0 Å². The van der Waals surface area contributed by atoms with E-state index < -0.39 is 0 Å². The number of carbonyl (C=O) groups excluding carboxylic acids is 1. The van der Waals surface area contributed by atoms with Crippen LogP contribution in [0.1, 0.15) is 32.6 Å². The molecule has 19 heavy (non-hydrogen) atoms. The van der Waals surface area contributed by atoms with Gasteiger partial charge in [0.2, 0.25) is 0 Å². The van der Waals surface area contributed by atoms with Crippen LogP contribution in [0.3, 0.4) is 0 Å². The summed E-state index contributed by atoms with van der Waals surface area (Å²) in [5.74, 6) is 0.0485. The van der Waals surface area contributed by atoms with Crippen LogP contribution in [0.2, 0.25) is 0 Å². The SMILES string of the molecule is Cc1ccc(/C=C/C(=O)c2cc(C)cc(C)c2)cc1. The molecule has 0 aliphatic carbocycles. The highest BCUT2D eigenvalue weighted by Crippen LogP contribution is 2.11. The molecule has 1 heteroatoms. The predicted octanol–water partition coefficient (Wildman–Crippen LogP) is 4.51. The topological polar surface area (TPSA) is 17.1 Å². The summed E-state index contributed by atoms with van der Waals surface area (Å²) in [6.07, 6.45) is 3.50. The van der Waals surface area contributed by atoms with Crippen LogP contribution < -0.4 is 0 Å². The molecule has 0 amide bonds. The van der Waals surface area contributed by atoms with Gasteiger partial charge in [-0.25, -0.2) is 0 Å². The summed E-state index contributed by atoms with van der Waals surface area (Å²) in [6, 6.07) is 14.0. The molecule has 0 N–H and O–H groups in total. The highest BCUT2D eigenvalue weighted by molar-refractivity contribution is 6.07. The lowest BCUT2D eigenvalue weighted by atomic mass is 10.0. The maximum absolute atomic E-state index is 12.1. The molecular formula is C18H18O. The highest BCUT2D eigenvalue weighted by Gasteiger charge is 2.03. The van der Waals surface area contributed by atoms with Crippen molar-refractivity contribution in [2.45, 2.75) is 20.8 Å². The summed E-state index contributed by atoms with van der Waals surface area (Å²) in [5, 5.41) is 0. The number of carbonyl (C=O) groups is 1. The molecule has 0 bridgehead atoms. The molecule has 96 valence electrons. The van der Waals surface area contributed by atoms with E-state index in [-0.39, 0.29) is 5.78 Å². The molecule has 0 spiro atoms. The highest BCUT2D eigenvalue weighted by atomic mass is 16.1. The summed E-state index contributed by atoms with van der Waals surface area (Å²) in [7, 11) is 0. The molecule has 2 aromatic rings. The Morgan fingerprint density at radius 3 is 2.00 bits per heavy atom. The van der Waals surface area contributed by atoms with Crippen molar-refractivity contribution in [2.24, 2.45) is 0 Å². The second-order valence-electron chi connectivity index (χ2n) is 4.98. The lowest BCUT2D eigenvalue weighted by Crippen LogP contribution is -1.95. The van der Waals surface area contributed by atoms with Crippen LogP contribution in [0.15, 0.2) is 48.5 Å². The third-order valence-electron chi connectivity index (χ3n) is 3.01. The van der Waals surface area contributed by atoms with E-state index >= 15 is 0 Å². The van der Waals surface area contributed by atoms with Gasteiger partial charge in [0.15, 0.2) is 5.78 Å². The first kappa shape index (κ1) is 13.3. The molecule has 0 radical (unpaired) electrons. The normalized spacial score (nSPS) is 10.9. The van der Waals surface area contributed by atoms with Gasteiger partial charge in [-0.3, -0.25) is 4.79 Å². The maximum Gasteiger partial charge on any atom is 0.185 e. The fourth-order valence-electron chi connectivity index (χ4n) is 2.06. The van der Waals surface area contributed by atoms with Crippen LogP contribution >= 0.6 is 0 Å². The molecule has 0 unspecified atom stereocenters. The first-order valence-corrected chi connectivity index (χ1v) is 6.42. The molecular weight excluding hydrogens is 232 g/mol. The van der Waals surface area contributed by atoms with Crippen molar-refractivity contribution in [2.75, 3.05) is 0 Å². The van der Waals surface area contributed by atoms with Crippen LogP contribution in [0, 0.1) is 20.8 Å². The molecule has 0 aliphatic rings. The second-order valence-corrected chi connectivity index (χ2v) is 4.98. The monoisotopic (exact) mass is 250 g/mol. The van der Waals surface area contributed by atoms with E-state index in [0.717, 1.165) is 22.3 Å². The van der Waals surface area contributed by atoms with Crippen molar-refractivity contribution in [3.8, 4) is 0 Å². The number of aryl methyl sites for hydroxylation is 3. The largest absolute Gasteiger partial charge is 0.289 e. The van der Waals surface area contributed by atoms with E-state index in [1.807, 2.05) is 63.2 Å². The molecule has 0 saturated heterocycles. The van der Waals surface area contributed by atoms with E-state index in [1.165, 1.54) is 5.56 Å². The average Bonchev–Trinajstić information content (AvgIpc) is 2.36. The summed E-state index contributed by atoms with van der Waals surface area (Å²) in [5.41, 5.74) is 5.25. The van der Waals surface area contributed by atoms with Gasteiger partial charge in [0.05, 0.1) is 0 Å². The van der Waals surface area contributed by atoms with E-state index in [1.54, 1.807) is 6.08 Å². The van der Waals surface area contributed by atoms with Crippen molar-refractivity contribution in [3.63, 3.8) is 0 Å². The Bertz CT molecular complexity index is 598. The minimum atomic E-state index is 0.0485. The number of hydrogen-bond acceptors (Lipinski definition) is 1. The fourth-order valence-corrected chi connectivity index (χ4v) is 2.06. The van der Waals surface area contributed by atoms with Gasteiger partial charge in [0.1, 0.15) is 0 Å². The number of ketones is 1. The molecule has 1 nitrogen and oxygen atoms in total. The Labute approximate surface area is 114 Å². The molecule has 0 fully saturated rings. The molecule has 0 saturated carbocycles. The van der Waals surface area contributed by atoms with Gasteiger partial charge >= 0.3 is 0 Å². The van der Waals surface area contributed by atoms with Gasteiger partial charge in [-0.2, -0.15) is 0 Å². The Morgan fingerprint density at radius 2 is 1.42 bits per heavy atom. The Kier molecular flexibility index (Phi) is 3.96. The lowest BCUT2D eigenvalue weighted by Gasteiger charge is -2.01. The third kappa shape index (κ3) is 3.65. The second kappa shape index (κ2) is 5.66. The van der Waals surface area contributed by atoms with Gasteiger partial charge in [-0.1, -0.05) is 53.1 Å². The van der Waals surface area contributed by atoms with Crippen molar-refractivity contribution in [3.05, 3.63) is 76.4 Å². The molecule has 2 aromatic carbocycles. The first-order chi connectivity index (χ1) is 9.04. The maximum atomic E-state index is 12.1. The average molecular weight is 250 g/mol. The van der Waals surface area contributed by atoms with E-state index in [4.69, 9.17) is 0 Å². The zero-order valence-corrected chi connectivity index (χ0v) is 11.6. The van der Waals surface area contributed by atoms with Crippen molar-refractivity contribution >= 4 is 11.9 Å². The van der Waals surface area contributed by atoms with Crippen molar-refractivity contribution in [1.82, 2.24) is 0 Å². The Morgan fingerprint density at radius 1 is 0.842 bits per heavy atom. The standard InChI is InChI=1S/C18H18O/c1-13-4-6-16(7-5-13)8-9-18(19)17-11-14(2)10-15(3)12-17/h4-12H,1-3H3/b9-8+.